The Morgan fingerprint density at radius 3 is 2.55 bits per heavy atom. The zero-order valence-corrected chi connectivity index (χ0v) is 17.4. The van der Waals surface area contributed by atoms with E-state index in [0.717, 1.165) is 25.1 Å². The van der Waals surface area contributed by atoms with Crippen LogP contribution in [0, 0.1) is 5.92 Å². The van der Waals surface area contributed by atoms with E-state index >= 15 is 0 Å². The lowest BCUT2D eigenvalue weighted by Gasteiger charge is -2.34. The highest BCUT2D eigenvalue weighted by molar-refractivity contribution is 5.95. The number of halogens is 3. The molecule has 2 fully saturated rings. The Bertz CT molecular complexity index is 921. The molecule has 0 aromatic carbocycles. The molecule has 2 aromatic heterocycles. The summed E-state index contributed by atoms with van der Waals surface area (Å²) >= 11 is 0. The number of piperidine rings is 1. The minimum atomic E-state index is -4.46. The second kappa shape index (κ2) is 8.58. The van der Waals surface area contributed by atoms with Gasteiger partial charge in [0.2, 0.25) is 0 Å². The third-order valence-corrected chi connectivity index (χ3v) is 5.65. The molecule has 7 nitrogen and oxygen atoms in total. The molecule has 0 spiro atoms. The largest absolute Gasteiger partial charge is 0.417 e. The van der Waals surface area contributed by atoms with E-state index in [1.165, 1.54) is 16.9 Å². The van der Waals surface area contributed by atoms with Gasteiger partial charge >= 0.3 is 6.18 Å². The average Bonchev–Trinajstić information content (AvgIpc) is 3.43. The number of hydrogen-bond donors (Lipinski definition) is 0. The van der Waals surface area contributed by atoms with Crippen molar-refractivity contribution in [3.05, 3.63) is 41.3 Å². The number of likely N-dealkylation sites (tertiary alicyclic amines) is 1. The molecule has 0 saturated carbocycles. The van der Waals surface area contributed by atoms with Crippen molar-refractivity contribution in [2.24, 2.45) is 5.92 Å². The number of carbonyl (C=O) groups is 1. The first-order chi connectivity index (χ1) is 14.8. The van der Waals surface area contributed by atoms with E-state index in [2.05, 4.69) is 10.1 Å². The molecule has 2 saturated heterocycles. The highest BCUT2D eigenvalue weighted by atomic mass is 19.4. The van der Waals surface area contributed by atoms with E-state index in [4.69, 9.17) is 9.47 Å². The monoisotopic (exact) mass is 438 g/mol. The number of rotatable bonds is 4. The molecule has 2 aliphatic rings. The maximum atomic E-state index is 13.3. The van der Waals surface area contributed by atoms with Crippen LogP contribution in [0.15, 0.2) is 24.5 Å². The van der Waals surface area contributed by atoms with E-state index in [9.17, 15) is 18.0 Å². The molecule has 4 rings (SSSR count). The molecule has 0 aliphatic carbocycles. The Labute approximate surface area is 178 Å². The Kier molecular flexibility index (Phi) is 6.02. The number of aromatic nitrogens is 3. The van der Waals surface area contributed by atoms with Crippen molar-refractivity contribution >= 4 is 5.91 Å². The summed E-state index contributed by atoms with van der Waals surface area (Å²) in [6.07, 6.45) is -0.706. The molecule has 1 atom stereocenters. The van der Waals surface area contributed by atoms with Gasteiger partial charge in [-0.2, -0.15) is 18.3 Å². The summed E-state index contributed by atoms with van der Waals surface area (Å²) in [4.78, 5) is 19.1. The average molecular weight is 438 g/mol. The van der Waals surface area contributed by atoms with Gasteiger partial charge in [-0.1, -0.05) is 13.8 Å². The highest BCUT2D eigenvalue weighted by Crippen LogP contribution is 2.31. The van der Waals surface area contributed by atoms with Crippen molar-refractivity contribution < 1.29 is 27.4 Å². The van der Waals surface area contributed by atoms with Gasteiger partial charge in [0.05, 0.1) is 36.2 Å². The summed E-state index contributed by atoms with van der Waals surface area (Å²) in [6.45, 7) is 6.12. The van der Waals surface area contributed by atoms with Crippen LogP contribution in [-0.4, -0.2) is 58.2 Å². The number of nitrogens with zero attached hydrogens (tertiary/aromatic N) is 4. The summed E-state index contributed by atoms with van der Waals surface area (Å²) < 4.78 is 51.3. The number of ether oxygens (including phenoxy) is 2. The first-order valence-electron chi connectivity index (χ1n) is 10.4. The van der Waals surface area contributed by atoms with Gasteiger partial charge in [-0.3, -0.25) is 4.79 Å². The SMILES string of the molecule is CC(C)c1c(C(=O)N2CCCC(C3OCCO3)C2)cnn1-c1ccc(C(F)(F)F)cn1. The zero-order chi connectivity index (χ0) is 22.2. The Balaban J connectivity index is 1.59. The Hall–Kier alpha value is -2.46. The van der Waals surface area contributed by atoms with Crippen LogP contribution in [-0.2, 0) is 15.7 Å². The Morgan fingerprint density at radius 2 is 1.94 bits per heavy atom. The third kappa shape index (κ3) is 4.45. The molecule has 10 heteroatoms. The van der Waals surface area contributed by atoms with Gasteiger partial charge in [0.1, 0.15) is 0 Å². The lowest BCUT2D eigenvalue weighted by molar-refractivity contribution is -0.137. The fraction of sp³-hybridized carbons (Fsp3) is 0.571. The molecule has 2 aliphatic heterocycles. The molecule has 0 radical (unpaired) electrons. The number of carbonyl (C=O) groups excluding carboxylic acids is 1. The fourth-order valence-electron chi connectivity index (χ4n) is 4.18. The van der Waals surface area contributed by atoms with Crippen molar-refractivity contribution in [2.45, 2.75) is 45.1 Å². The summed E-state index contributed by atoms with van der Waals surface area (Å²) in [6, 6.07) is 2.23. The number of hydrogen-bond acceptors (Lipinski definition) is 5. The molecule has 2 aromatic rings. The Morgan fingerprint density at radius 1 is 1.19 bits per heavy atom. The van der Waals surface area contributed by atoms with Gasteiger partial charge in [0, 0.05) is 25.2 Å². The molecule has 0 N–H and O–H groups in total. The van der Waals surface area contributed by atoms with Gasteiger partial charge in [0.25, 0.3) is 5.91 Å². The predicted octanol–water partition coefficient (Wildman–Crippen LogP) is 3.63. The molecule has 168 valence electrons. The summed E-state index contributed by atoms with van der Waals surface area (Å²) in [5, 5.41) is 4.29. The molecule has 1 amide bonds. The first-order valence-corrected chi connectivity index (χ1v) is 10.4. The van der Waals surface area contributed by atoms with Crippen molar-refractivity contribution in [3.63, 3.8) is 0 Å². The van der Waals surface area contributed by atoms with Gasteiger partial charge < -0.3 is 14.4 Å². The minimum absolute atomic E-state index is 0.0902. The van der Waals surface area contributed by atoms with E-state index in [0.29, 0.717) is 37.6 Å². The quantitative estimate of drug-likeness (QED) is 0.729. The second-order valence-corrected chi connectivity index (χ2v) is 8.18. The topological polar surface area (TPSA) is 69.5 Å². The van der Waals surface area contributed by atoms with Crippen LogP contribution in [0.2, 0.25) is 0 Å². The van der Waals surface area contributed by atoms with E-state index in [1.54, 1.807) is 4.90 Å². The molecule has 0 bridgehead atoms. The third-order valence-electron chi connectivity index (χ3n) is 5.65. The van der Waals surface area contributed by atoms with Crippen molar-refractivity contribution in [2.75, 3.05) is 26.3 Å². The lowest BCUT2D eigenvalue weighted by Crippen LogP contribution is -2.44. The van der Waals surface area contributed by atoms with Crippen molar-refractivity contribution in [1.82, 2.24) is 19.7 Å². The second-order valence-electron chi connectivity index (χ2n) is 8.18. The van der Waals surface area contributed by atoms with Crippen molar-refractivity contribution in [1.29, 1.82) is 0 Å². The van der Waals surface area contributed by atoms with Crippen LogP contribution in [0.5, 0.6) is 0 Å². The predicted molar refractivity (Wildman–Crippen MR) is 105 cm³/mol. The van der Waals surface area contributed by atoms with Crippen molar-refractivity contribution in [3.8, 4) is 5.82 Å². The van der Waals surface area contributed by atoms with Gasteiger partial charge in [-0.05, 0) is 30.9 Å². The van der Waals surface area contributed by atoms with Crippen LogP contribution >= 0.6 is 0 Å². The van der Waals surface area contributed by atoms with Crippen LogP contribution < -0.4 is 0 Å². The zero-order valence-electron chi connectivity index (χ0n) is 17.4. The minimum Gasteiger partial charge on any atom is -0.350 e. The summed E-state index contributed by atoms with van der Waals surface area (Å²) in [5.74, 6) is 0.117. The number of amides is 1. The first kappa shape index (κ1) is 21.8. The maximum Gasteiger partial charge on any atom is 0.417 e. The van der Waals surface area contributed by atoms with Gasteiger partial charge in [0.15, 0.2) is 12.1 Å². The number of pyridine rings is 1. The smallest absolute Gasteiger partial charge is 0.350 e. The fourth-order valence-corrected chi connectivity index (χ4v) is 4.18. The van der Waals surface area contributed by atoms with E-state index < -0.39 is 11.7 Å². The molecule has 1 unspecified atom stereocenters. The number of alkyl halides is 3. The highest BCUT2D eigenvalue weighted by Gasteiger charge is 2.35. The van der Waals surface area contributed by atoms with Crippen LogP contribution in [0.25, 0.3) is 5.82 Å². The molecule has 31 heavy (non-hydrogen) atoms. The van der Waals surface area contributed by atoms with Gasteiger partial charge in [-0.25, -0.2) is 9.67 Å². The lowest BCUT2D eigenvalue weighted by atomic mass is 9.96. The molecule has 4 heterocycles. The summed E-state index contributed by atoms with van der Waals surface area (Å²) in [7, 11) is 0. The molecular weight excluding hydrogens is 413 g/mol. The standard InChI is InChI=1S/C21H25F3N4O3/c1-13(2)18-16(11-26-28(18)17-6-5-15(10-25-17)21(22,23)24)19(29)27-7-3-4-14(12-27)20-30-8-9-31-20/h5-6,10-11,13-14,20H,3-4,7-9,12H2,1-2H3. The van der Waals surface area contributed by atoms with Crippen LogP contribution in [0.1, 0.15) is 54.2 Å². The van der Waals surface area contributed by atoms with Crippen LogP contribution in [0.4, 0.5) is 13.2 Å². The van der Waals surface area contributed by atoms with Crippen LogP contribution in [0.3, 0.4) is 0 Å². The van der Waals surface area contributed by atoms with E-state index in [1.807, 2.05) is 13.8 Å². The van der Waals surface area contributed by atoms with Gasteiger partial charge in [-0.15, -0.1) is 0 Å². The maximum absolute atomic E-state index is 13.3. The molecular formula is C21H25F3N4O3. The van der Waals surface area contributed by atoms with E-state index in [-0.39, 0.29) is 29.9 Å². The normalized spacial score (nSPS) is 20.6. The summed E-state index contributed by atoms with van der Waals surface area (Å²) in [5.41, 5.74) is 0.222.